The molecule has 94 valence electrons. The largest absolute Gasteiger partial charge is 0.343 e. The van der Waals surface area contributed by atoms with E-state index in [1.807, 2.05) is 0 Å². The number of amides is 1. The highest BCUT2D eigenvalue weighted by atomic mass is 32.1. The van der Waals surface area contributed by atoms with Crippen LogP contribution in [0, 0.1) is 5.92 Å². The maximum absolute atomic E-state index is 11.9. The summed E-state index contributed by atoms with van der Waals surface area (Å²) in [6.45, 7) is 4.18. The summed E-state index contributed by atoms with van der Waals surface area (Å²) in [6.07, 6.45) is 7.80. The Morgan fingerprint density at radius 2 is 2.12 bits per heavy atom. The van der Waals surface area contributed by atoms with Crippen LogP contribution >= 0.6 is 12.6 Å². The molecule has 1 amide bonds. The van der Waals surface area contributed by atoms with Gasteiger partial charge in [0.2, 0.25) is 5.91 Å². The van der Waals surface area contributed by atoms with Gasteiger partial charge in [-0.15, -0.1) is 0 Å². The molecule has 1 rings (SSSR count). The number of rotatable bonds is 6. The predicted octanol–water partition coefficient (Wildman–Crippen LogP) is 3.13. The monoisotopic (exact) mass is 243 g/mol. The van der Waals surface area contributed by atoms with Crippen LogP contribution in [-0.4, -0.2) is 29.6 Å². The Labute approximate surface area is 105 Å². The zero-order valence-electron chi connectivity index (χ0n) is 10.5. The first-order chi connectivity index (χ1) is 7.77. The van der Waals surface area contributed by atoms with Gasteiger partial charge in [0.05, 0.1) is 0 Å². The minimum atomic E-state index is 0.377. The molecule has 0 spiro atoms. The van der Waals surface area contributed by atoms with Gasteiger partial charge in [0, 0.05) is 19.5 Å². The summed E-state index contributed by atoms with van der Waals surface area (Å²) < 4.78 is 0. The van der Waals surface area contributed by atoms with Crippen molar-refractivity contribution in [3.8, 4) is 0 Å². The SMILES string of the molecule is CCC1CCC(=O)N(CCCCCS)CC1. The molecule has 0 aliphatic carbocycles. The van der Waals surface area contributed by atoms with E-state index >= 15 is 0 Å². The highest BCUT2D eigenvalue weighted by molar-refractivity contribution is 7.80. The van der Waals surface area contributed by atoms with Crippen LogP contribution in [0.15, 0.2) is 0 Å². The molecule has 1 saturated heterocycles. The summed E-state index contributed by atoms with van der Waals surface area (Å²) in [5.74, 6) is 2.11. The van der Waals surface area contributed by atoms with Crippen molar-refractivity contribution in [3.63, 3.8) is 0 Å². The van der Waals surface area contributed by atoms with Gasteiger partial charge < -0.3 is 4.90 Å². The molecule has 0 bridgehead atoms. The van der Waals surface area contributed by atoms with E-state index in [1.54, 1.807) is 0 Å². The number of hydrogen-bond donors (Lipinski definition) is 1. The summed E-state index contributed by atoms with van der Waals surface area (Å²) in [5, 5.41) is 0. The van der Waals surface area contributed by atoms with E-state index in [4.69, 9.17) is 0 Å². The van der Waals surface area contributed by atoms with E-state index in [1.165, 1.54) is 25.7 Å². The summed E-state index contributed by atoms with van der Waals surface area (Å²) in [7, 11) is 0. The molecule has 1 fully saturated rings. The maximum atomic E-state index is 11.9. The van der Waals surface area contributed by atoms with Gasteiger partial charge >= 0.3 is 0 Å². The Hall–Kier alpha value is -0.180. The molecule has 0 aromatic rings. The maximum Gasteiger partial charge on any atom is 0.222 e. The van der Waals surface area contributed by atoms with Crippen molar-refractivity contribution in [1.29, 1.82) is 0 Å². The van der Waals surface area contributed by atoms with E-state index in [0.717, 1.165) is 44.0 Å². The van der Waals surface area contributed by atoms with Crippen LogP contribution in [0.25, 0.3) is 0 Å². The van der Waals surface area contributed by atoms with Crippen molar-refractivity contribution in [2.24, 2.45) is 5.92 Å². The normalized spacial score (nSPS) is 22.2. The molecule has 0 radical (unpaired) electrons. The van der Waals surface area contributed by atoms with Gasteiger partial charge in [-0.3, -0.25) is 4.79 Å². The zero-order chi connectivity index (χ0) is 11.8. The van der Waals surface area contributed by atoms with E-state index < -0.39 is 0 Å². The topological polar surface area (TPSA) is 20.3 Å². The van der Waals surface area contributed by atoms with Crippen LogP contribution in [0.5, 0.6) is 0 Å². The average Bonchev–Trinajstić information content (AvgIpc) is 2.47. The number of carbonyl (C=O) groups is 1. The molecule has 0 N–H and O–H groups in total. The minimum Gasteiger partial charge on any atom is -0.343 e. The number of likely N-dealkylation sites (tertiary alicyclic amines) is 1. The van der Waals surface area contributed by atoms with Gasteiger partial charge in [-0.25, -0.2) is 0 Å². The van der Waals surface area contributed by atoms with Crippen molar-refractivity contribution in [2.45, 2.75) is 51.9 Å². The fraction of sp³-hybridized carbons (Fsp3) is 0.923. The first-order valence-corrected chi connectivity index (χ1v) is 7.29. The summed E-state index contributed by atoms with van der Waals surface area (Å²) >= 11 is 4.20. The van der Waals surface area contributed by atoms with E-state index in [9.17, 15) is 4.79 Å². The summed E-state index contributed by atoms with van der Waals surface area (Å²) in [4.78, 5) is 13.9. The highest BCUT2D eigenvalue weighted by Crippen LogP contribution is 2.21. The van der Waals surface area contributed by atoms with Crippen molar-refractivity contribution >= 4 is 18.5 Å². The molecule has 1 aliphatic heterocycles. The Balaban J connectivity index is 2.26. The first kappa shape index (κ1) is 13.9. The molecular formula is C13H25NOS. The molecule has 3 heteroatoms. The van der Waals surface area contributed by atoms with E-state index in [0.29, 0.717) is 5.91 Å². The molecule has 1 heterocycles. The highest BCUT2D eigenvalue weighted by Gasteiger charge is 2.20. The van der Waals surface area contributed by atoms with Crippen LogP contribution in [-0.2, 0) is 4.79 Å². The number of hydrogen-bond acceptors (Lipinski definition) is 2. The summed E-state index contributed by atoms with van der Waals surface area (Å²) in [5.41, 5.74) is 0. The van der Waals surface area contributed by atoms with Crippen molar-refractivity contribution in [1.82, 2.24) is 4.90 Å². The third-order valence-corrected chi connectivity index (χ3v) is 3.91. The van der Waals surface area contributed by atoms with Gasteiger partial charge in [0.1, 0.15) is 0 Å². The van der Waals surface area contributed by atoms with E-state index in [2.05, 4.69) is 24.5 Å². The lowest BCUT2D eigenvalue weighted by atomic mass is 9.98. The fourth-order valence-electron chi connectivity index (χ4n) is 2.33. The van der Waals surface area contributed by atoms with Crippen LogP contribution in [0.4, 0.5) is 0 Å². The molecule has 0 aromatic heterocycles. The quantitative estimate of drug-likeness (QED) is 0.561. The standard InChI is InChI=1S/C13H25NOS/c1-2-12-6-7-13(15)14(10-8-12)9-4-3-5-11-16/h12,16H,2-11H2,1H3. The first-order valence-electron chi connectivity index (χ1n) is 6.66. The Bertz CT molecular complexity index is 208. The lowest BCUT2D eigenvalue weighted by molar-refractivity contribution is -0.130. The second kappa shape index (κ2) is 7.99. The number of nitrogens with zero attached hydrogens (tertiary/aromatic N) is 1. The van der Waals surface area contributed by atoms with Crippen molar-refractivity contribution in [3.05, 3.63) is 0 Å². The van der Waals surface area contributed by atoms with E-state index in [-0.39, 0.29) is 0 Å². The van der Waals surface area contributed by atoms with Gasteiger partial charge in [-0.2, -0.15) is 12.6 Å². The zero-order valence-corrected chi connectivity index (χ0v) is 11.3. The molecule has 1 aliphatic rings. The smallest absolute Gasteiger partial charge is 0.222 e. The number of unbranched alkanes of at least 4 members (excludes halogenated alkanes) is 2. The van der Waals surface area contributed by atoms with Gasteiger partial charge in [-0.1, -0.05) is 19.8 Å². The van der Waals surface area contributed by atoms with Gasteiger partial charge in [0.15, 0.2) is 0 Å². The predicted molar refractivity (Wildman–Crippen MR) is 71.9 cm³/mol. The second-order valence-electron chi connectivity index (χ2n) is 4.77. The lowest BCUT2D eigenvalue weighted by Crippen LogP contribution is -2.31. The minimum absolute atomic E-state index is 0.377. The number of carbonyl (C=O) groups excluding carboxylic acids is 1. The fourth-order valence-corrected chi connectivity index (χ4v) is 2.55. The number of thiol groups is 1. The second-order valence-corrected chi connectivity index (χ2v) is 5.21. The van der Waals surface area contributed by atoms with Crippen molar-refractivity contribution < 1.29 is 4.79 Å². The average molecular weight is 243 g/mol. The van der Waals surface area contributed by atoms with Crippen LogP contribution in [0.2, 0.25) is 0 Å². The lowest BCUT2D eigenvalue weighted by Gasteiger charge is -2.20. The molecule has 0 saturated carbocycles. The summed E-state index contributed by atoms with van der Waals surface area (Å²) in [6, 6.07) is 0. The molecule has 16 heavy (non-hydrogen) atoms. The Morgan fingerprint density at radius 1 is 1.31 bits per heavy atom. The van der Waals surface area contributed by atoms with Gasteiger partial charge in [0.25, 0.3) is 0 Å². The Morgan fingerprint density at radius 3 is 2.81 bits per heavy atom. The van der Waals surface area contributed by atoms with Crippen molar-refractivity contribution in [2.75, 3.05) is 18.8 Å². The molecule has 0 aromatic carbocycles. The third-order valence-electron chi connectivity index (χ3n) is 3.59. The van der Waals surface area contributed by atoms with Crippen LogP contribution in [0.3, 0.4) is 0 Å². The van der Waals surface area contributed by atoms with Gasteiger partial charge in [-0.05, 0) is 37.4 Å². The van der Waals surface area contributed by atoms with Crippen LogP contribution < -0.4 is 0 Å². The molecule has 2 nitrogen and oxygen atoms in total. The molecule has 1 atom stereocenters. The molecule has 1 unspecified atom stereocenters. The third kappa shape index (κ3) is 4.77. The van der Waals surface area contributed by atoms with Crippen LogP contribution in [0.1, 0.15) is 51.9 Å². The Kier molecular flexibility index (Phi) is 6.93. The molecular weight excluding hydrogens is 218 g/mol.